The Hall–Kier alpha value is -1.85. The second-order valence-corrected chi connectivity index (χ2v) is 5.68. The minimum Gasteiger partial charge on any atom is -0.387 e. The molecular weight excluding hydrogens is 264 g/mol. The molecule has 2 heterocycles. The van der Waals surface area contributed by atoms with Gasteiger partial charge in [-0.05, 0) is 12.5 Å². The fraction of sp³-hybridized carbons (Fsp3) is 0.438. The Labute approximate surface area is 125 Å². The Morgan fingerprint density at radius 1 is 1.43 bits per heavy atom. The van der Waals surface area contributed by atoms with Crippen molar-refractivity contribution >= 4 is 5.82 Å². The van der Waals surface area contributed by atoms with Crippen molar-refractivity contribution < 1.29 is 5.11 Å². The highest BCUT2D eigenvalue weighted by Crippen LogP contribution is 2.18. The minimum atomic E-state index is -0.453. The molecule has 112 valence electrons. The van der Waals surface area contributed by atoms with E-state index in [-0.39, 0.29) is 0 Å². The molecule has 3 rings (SSSR count). The van der Waals surface area contributed by atoms with Crippen LogP contribution in [0.1, 0.15) is 17.4 Å². The number of aliphatic hydroxyl groups is 1. The van der Waals surface area contributed by atoms with Crippen LogP contribution in [-0.4, -0.2) is 34.5 Å². The SMILES string of the molecule is Cc1cc2n(n1)C[C@@H](CNC[C@@H](O)c1ccccc1)CN2. The zero-order valence-electron chi connectivity index (χ0n) is 12.3. The summed E-state index contributed by atoms with van der Waals surface area (Å²) in [5.74, 6) is 1.59. The lowest BCUT2D eigenvalue weighted by Gasteiger charge is -2.25. The number of hydrogen-bond acceptors (Lipinski definition) is 4. The molecule has 0 radical (unpaired) electrons. The first-order valence-electron chi connectivity index (χ1n) is 7.44. The van der Waals surface area contributed by atoms with Crippen LogP contribution < -0.4 is 10.6 Å². The molecule has 2 aromatic rings. The Balaban J connectivity index is 1.46. The van der Waals surface area contributed by atoms with Gasteiger partial charge in [-0.1, -0.05) is 30.3 Å². The fourth-order valence-electron chi connectivity index (χ4n) is 2.74. The van der Waals surface area contributed by atoms with E-state index in [1.54, 1.807) is 0 Å². The van der Waals surface area contributed by atoms with Crippen LogP contribution >= 0.6 is 0 Å². The number of aryl methyl sites for hydroxylation is 1. The van der Waals surface area contributed by atoms with Crippen molar-refractivity contribution in [2.24, 2.45) is 5.92 Å². The highest BCUT2D eigenvalue weighted by Gasteiger charge is 2.19. The van der Waals surface area contributed by atoms with Gasteiger partial charge in [0, 0.05) is 38.2 Å². The van der Waals surface area contributed by atoms with Crippen LogP contribution in [0.15, 0.2) is 36.4 Å². The van der Waals surface area contributed by atoms with Crippen LogP contribution in [0.5, 0.6) is 0 Å². The number of hydrogen-bond donors (Lipinski definition) is 3. The first-order chi connectivity index (χ1) is 10.2. The standard InChI is InChI=1S/C16H22N4O/c1-12-7-16-18-9-13(11-20(16)19-12)8-17-10-15(21)14-5-3-2-4-6-14/h2-7,13,15,17-18,21H,8-11H2,1H3/t13-,15+/m0/s1. The van der Waals surface area contributed by atoms with E-state index < -0.39 is 6.10 Å². The van der Waals surface area contributed by atoms with E-state index in [4.69, 9.17) is 0 Å². The van der Waals surface area contributed by atoms with E-state index in [9.17, 15) is 5.11 Å². The molecule has 21 heavy (non-hydrogen) atoms. The predicted octanol–water partition coefficient (Wildman–Crippen LogP) is 1.56. The van der Waals surface area contributed by atoms with Crippen molar-refractivity contribution in [3.8, 4) is 0 Å². The van der Waals surface area contributed by atoms with Gasteiger partial charge in [-0.3, -0.25) is 0 Å². The van der Waals surface area contributed by atoms with E-state index in [0.29, 0.717) is 12.5 Å². The highest BCUT2D eigenvalue weighted by atomic mass is 16.3. The van der Waals surface area contributed by atoms with E-state index in [0.717, 1.165) is 36.7 Å². The largest absolute Gasteiger partial charge is 0.387 e. The van der Waals surface area contributed by atoms with Gasteiger partial charge in [0.2, 0.25) is 0 Å². The van der Waals surface area contributed by atoms with Gasteiger partial charge in [-0.15, -0.1) is 0 Å². The Morgan fingerprint density at radius 2 is 2.24 bits per heavy atom. The molecule has 0 bridgehead atoms. The molecule has 0 spiro atoms. The molecule has 5 nitrogen and oxygen atoms in total. The summed E-state index contributed by atoms with van der Waals surface area (Å²) in [7, 11) is 0. The normalized spacial score (nSPS) is 18.9. The molecule has 3 N–H and O–H groups in total. The zero-order valence-corrected chi connectivity index (χ0v) is 12.3. The van der Waals surface area contributed by atoms with Crippen molar-refractivity contribution in [3.05, 3.63) is 47.7 Å². The molecule has 1 aliphatic heterocycles. The van der Waals surface area contributed by atoms with E-state index in [1.807, 2.05) is 41.9 Å². The third kappa shape index (κ3) is 3.43. The van der Waals surface area contributed by atoms with Gasteiger partial charge in [0.25, 0.3) is 0 Å². The number of benzene rings is 1. The quantitative estimate of drug-likeness (QED) is 0.780. The average Bonchev–Trinajstić information content (AvgIpc) is 2.87. The summed E-state index contributed by atoms with van der Waals surface area (Å²) in [6, 6.07) is 11.8. The summed E-state index contributed by atoms with van der Waals surface area (Å²) < 4.78 is 2.03. The lowest BCUT2D eigenvalue weighted by molar-refractivity contribution is 0.172. The summed E-state index contributed by atoms with van der Waals surface area (Å²) in [5.41, 5.74) is 2.00. The monoisotopic (exact) mass is 286 g/mol. The molecule has 1 aromatic carbocycles. The van der Waals surface area contributed by atoms with Crippen molar-refractivity contribution in [1.29, 1.82) is 0 Å². The molecule has 1 aromatic heterocycles. The van der Waals surface area contributed by atoms with Crippen molar-refractivity contribution in [1.82, 2.24) is 15.1 Å². The third-order valence-electron chi connectivity index (χ3n) is 3.86. The van der Waals surface area contributed by atoms with Crippen molar-refractivity contribution in [3.63, 3.8) is 0 Å². The van der Waals surface area contributed by atoms with Gasteiger partial charge in [0.05, 0.1) is 11.8 Å². The second-order valence-electron chi connectivity index (χ2n) is 5.68. The Kier molecular flexibility index (Phi) is 4.22. The van der Waals surface area contributed by atoms with Gasteiger partial charge < -0.3 is 15.7 Å². The van der Waals surface area contributed by atoms with Gasteiger partial charge >= 0.3 is 0 Å². The van der Waals surface area contributed by atoms with Crippen LogP contribution in [0.25, 0.3) is 0 Å². The molecule has 1 aliphatic rings. The third-order valence-corrected chi connectivity index (χ3v) is 3.86. The topological polar surface area (TPSA) is 62.1 Å². The van der Waals surface area contributed by atoms with Crippen LogP contribution in [-0.2, 0) is 6.54 Å². The maximum absolute atomic E-state index is 10.1. The minimum absolute atomic E-state index is 0.453. The number of anilines is 1. The zero-order chi connectivity index (χ0) is 14.7. The summed E-state index contributed by atoms with van der Waals surface area (Å²) in [5, 5.41) is 21.3. The maximum atomic E-state index is 10.1. The van der Waals surface area contributed by atoms with Gasteiger partial charge in [-0.2, -0.15) is 5.10 Å². The number of nitrogens with one attached hydrogen (secondary N) is 2. The Bertz CT molecular complexity index is 581. The molecular formula is C16H22N4O. The number of aromatic nitrogens is 2. The Morgan fingerprint density at radius 3 is 3.05 bits per heavy atom. The predicted molar refractivity (Wildman–Crippen MR) is 83.2 cm³/mol. The lowest BCUT2D eigenvalue weighted by atomic mass is 10.1. The first-order valence-corrected chi connectivity index (χ1v) is 7.44. The molecule has 2 atom stereocenters. The second kappa shape index (κ2) is 6.28. The molecule has 0 unspecified atom stereocenters. The van der Waals surface area contributed by atoms with Gasteiger partial charge in [0.1, 0.15) is 5.82 Å². The maximum Gasteiger partial charge on any atom is 0.124 e. The smallest absolute Gasteiger partial charge is 0.124 e. The van der Waals surface area contributed by atoms with Gasteiger partial charge in [-0.25, -0.2) is 4.68 Å². The molecule has 0 fully saturated rings. The van der Waals surface area contributed by atoms with Crippen LogP contribution in [0.4, 0.5) is 5.82 Å². The van der Waals surface area contributed by atoms with Crippen molar-refractivity contribution in [2.45, 2.75) is 19.6 Å². The average molecular weight is 286 g/mol. The lowest BCUT2D eigenvalue weighted by Crippen LogP contribution is -2.36. The van der Waals surface area contributed by atoms with E-state index in [2.05, 4.69) is 21.8 Å². The first kappa shape index (κ1) is 14.1. The summed E-state index contributed by atoms with van der Waals surface area (Å²) >= 11 is 0. The summed E-state index contributed by atoms with van der Waals surface area (Å²) in [6.07, 6.45) is -0.453. The highest BCUT2D eigenvalue weighted by molar-refractivity contribution is 5.38. The fourth-order valence-corrected chi connectivity index (χ4v) is 2.74. The number of fused-ring (bicyclic) bond motifs is 1. The number of rotatable bonds is 5. The molecule has 0 saturated heterocycles. The van der Waals surface area contributed by atoms with Crippen molar-refractivity contribution in [2.75, 3.05) is 25.0 Å². The number of aliphatic hydroxyl groups excluding tert-OH is 1. The molecule has 0 saturated carbocycles. The summed E-state index contributed by atoms with van der Waals surface area (Å²) in [4.78, 5) is 0. The molecule has 5 heteroatoms. The van der Waals surface area contributed by atoms with E-state index >= 15 is 0 Å². The van der Waals surface area contributed by atoms with E-state index in [1.165, 1.54) is 0 Å². The summed E-state index contributed by atoms with van der Waals surface area (Å²) in [6.45, 7) is 5.32. The number of nitrogens with zero attached hydrogens (tertiary/aromatic N) is 2. The van der Waals surface area contributed by atoms with Crippen LogP contribution in [0.2, 0.25) is 0 Å². The molecule has 0 amide bonds. The van der Waals surface area contributed by atoms with Crippen LogP contribution in [0.3, 0.4) is 0 Å². The van der Waals surface area contributed by atoms with Gasteiger partial charge in [0.15, 0.2) is 0 Å². The molecule has 0 aliphatic carbocycles. The van der Waals surface area contributed by atoms with Crippen LogP contribution in [0, 0.1) is 12.8 Å².